The van der Waals surface area contributed by atoms with Gasteiger partial charge in [-0.05, 0) is 82.2 Å². The van der Waals surface area contributed by atoms with E-state index in [2.05, 4.69) is 16.3 Å². The Kier molecular flexibility index (Phi) is 6.75. The number of carbonyl (C=O) groups is 2. The molecule has 6 heteroatoms. The van der Waals surface area contributed by atoms with Gasteiger partial charge in [0.25, 0.3) is 0 Å². The summed E-state index contributed by atoms with van der Waals surface area (Å²) in [4.78, 5) is 29.9. The lowest BCUT2D eigenvalue weighted by Gasteiger charge is -2.46. The number of hydrogen-bond donors (Lipinski definition) is 1. The van der Waals surface area contributed by atoms with Gasteiger partial charge in [0.1, 0.15) is 5.82 Å². The molecule has 0 saturated carbocycles. The molecule has 2 aliphatic heterocycles. The Balaban J connectivity index is 1.30. The molecule has 2 heterocycles. The highest BCUT2D eigenvalue weighted by molar-refractivity contribution is 5.91. The Labute approximate surface area is 184 Å². The molecular weight excluding hydrogens is 393 g/mol. The van der Waals surface area contributed by atoms with Crippen LogP contribution in [0.5, 0.6) is 0 Å². The molecule has 1 N–H and O–H groups in total. The van der Waals surface area contributed by atoms with Gasteiger partial charge in [-0.2, -0.15) is 0 Å². The first-order valence-electron chi connectivity index (χ1n) is 11.8. The zero-order valence-corrected chi connectivity index (χ0v) is 18.5. The summed E-state index contributed by atoms with van der Waals surface area (Å²) in [6, 6.07) is 6.82. The number of piperidine rings is 2. The summed E-state index contributed by atoms with van der Waals surface area (Å²) >= 11 is 0. The standard InChI is InChI=1S/C25H34FN3O2/c1-2-29-22-8-3-4-12-25(22,13-9-23(29)30)24(31)27-17-19-10-14-28(15-11-19)18-20-6-5-7-21(26)16-20/h5-8,16,19H,2-4,9-15,17-18H2,1H3,(H,27,31). The van der Waals surface area contributed by atoms with Crippen molar-refractivity contribution in [2.24, 2.45) is 11.3 Å². The van der Waals surface area contributed by atoms with Gasteiger partial charge in [0.15, 0.2) is 0 Å². The maximum Gasteiger partial charge on any atom is 0.232 e. The molecule has 1 atom stereocenters. The number of amides is 2. The van der Waals surface area contributed by atoms with Crippen LogP contribution in [-0.4, -0.2) is 47.8 Å². The Morgan fingerprint density at radius 3 is 2.81 bits per heavy atom. The van der Waals surface area contributed by atoms with E-state index in [-0.39, 0.29) is 17.6 Å². The first-order valence-corrected chi connectivity index (χ1v) is 11.8. The number of carbonyl (C=O) groups excluding carboxylic acids is 2. The van der Waals surface area contributed by atoms with Crippen molar-refractivity contribution in [3.63, 3.8) is 0 Å². The molecule has 0 bridgehead atoms. The molecule has 5 nitrogen and oxygen atoms in total. The molecule has 1 unspecified atom stereocenters. The summed E-state index contributed by atoms with van der Waals surface area (Å²) in [5.41, 5.74) is 1.43. The largest absolute Gasteiger partial charge is 0.355 e. The molecule has 0 radical (unpaired) electrons. The van der Waals surface area contributed by atoms with E-state index >= 15 is 0 Å². The highest BCUT2D eigenvalue weighted by Gasteiger charge is 2.49. The number of halogens is 1. The van der Waals surface area contributed by atoms with Crippen LogP contribution in [0.4, 0.5) is 4.39 Å². The maximum atomic E-state index is 13.4. The van der Waals surface area contributed by atoms with Gasteiger partial charge in [-0.1, -0.05) is 18.2 Å². The van der Waals surface area contributed by atoms with Gasteiger partial charge in [-0.3, -0.25) is 14.5 Å². The van der Waals surface area contributed by atoms with Gasteiger partial charge in [0.05, 0.1) is 5.41 Å². The second-order valence-electron chi connectivity index (χ2n) is 9.26. The number of nitrogens with one attached hydrogen (secondary N) is 1. The molecule has 2 amide bonds. The molecule has 168 valence electrons. The summed E-state index contributed by atoms with van der Waals surface area (Å²) < 4.78 is 13.4. The molecule has 2 saturated heterocycles. The quantitative estimate of drug-likeness (QED) is 0.750. The minimum absolute atomic E-state index is 0.103. The Morgan fingerprint density at radius 2 is 2.06 bits per heavy atom. The third-order valence-corrected chi connectivity index (χ3v) is 7.30. The van der Waals surface area contributed by atoms with Gasteiger partial charge in [-0.15, -0.1) is 0 Å². The third-order valence-electron chi connectivity index (χ3n) is 7.30. The lowest BCUT2D eigenvalue weighted by molar-refractivity contribution is -0.140. The predicted molar refractivity (Wildman–Crippen MR) is 118 cm³/mol. The van der Waals surface area contributed by atoms with Crippen LogP contribution in [-0.2, 0) is 16.1 Å². The SMILES string of the molecule is CCN1C(=O)CCC2(C(=O)NCC3CCN(Cc4cccc(F)c4)CC3)CCCC=C12. The summed E-state index contributed by atoms with van der Waals surface area (Å²) in [5.74, 6) is 0.528. The van der Waals surface area contributed by atoms with Crippen molar-refractivity contribution >= 4 is 11.8 Å². The number of fused-ring (bicyclic) bond motifs is 1. The van der Waals surface area contributed by atoms with Gasteiger partial charge in [0.2, 0.25) is 11.8 Å². The number of rotatable bonds is 6. The molecule has 1 aromatic carbocycles. The fourth-order valence-corrected chi connectivity index (χ4v) is 5.52. The van der Waals surface area contributed by atoms with Crippen LogP contribution in [0.3, 0.4) is 0 Å². The van der Waals surface area contributed by atoms with Gasteiger partial charge in [0, 0.05) is 31.8 Å². The third kappa shape index (κ3) is 4.69. The number of hydrogen-bond acceptors (Lipinski definition) is 3. The molecule has 0 aromatic heterocycles. The molecule has 3 aliphatic rings. The average molecular weight is 428 g/mol. The smallest absolute Gasteiger partial charge is 0.232 e. The van der Waals surface area contributed by atoms with Crippen molar-refractivity contribution in [2.75, 3.05) is 26.2 Å². The Bertz CT molecular complexity index is 847. The van der Waals surface area contributed by atoms with E-state index < -0.39 is 5.41 Å². The van der Waals surface area contributed by atoms with Crippen LogP contribution < -0.4 is 5.32 Å². The molecule has 31 heavy (non-hydrogen) atoms. The van der Waals surface area contributed by atoms with E-state index in [1.54, 1.807) is 12.1 Å². The van der Waals surface area contributed by atoms with E-state index in [0.29, 0.717) is 31.8 Å². The van der Waals surface area contributed by atoms with Crippen molar-refractivity contribution < 1.29 is 14.0 Å². The lowest BCUT2D eigenvalue weighted by Crippen LogP contribution is -2.53. The molecule has 2 fully saturated rings. The zero-order valence-electron chi connectivity index (χ0n) is 18.5. The van der Waals surface area contributed by atoms with E-state index in [4.69, 9.17) is 0 Å². The second-order valence-corrected chi connectivity index (χ2v) is 9.26. The van der Waals surface area contributed by atoms with Gasteiger partial charge in [-0.25, -0.2) is 4.39 Å². The summed E-state index contributed by atoms with van der Waals surface area (Å²) in [7, 11) is 0. The van der Waals surface area contributed by atoms with Crippen LogP contribution >= 0.6 is 0 Å². The Hall–Kier alpha value is -2.21. The summed E-state index contributed by atoms with van der Waals surface area (Å²) in [5, 5.41) is 3.26. The Morgan fingerprint density at radius 1 is 1.26 bits per heavy atom. The van der Waals surface area contributed by atoms with Crippen LogP contribution in [0.15, 0.2) is 36.0 Å². The normalized spacial score (nSPS) is 25.2. The highest BCUT2D eigenvalue weighted by Crippen LogP contribution is 2.46. The second kappa shape index (κ2) is 9.51. The van der Waals surface area contributed by atoms with Crippen molar-refractivity contribution in [3.05, 3.63) is 47.4 Å². The first-order chi connectivity index (χ1) is 15.0. The van der Waals surface area contributed by atoms with Crippen LogP contribution in [0.1, 0.15) is 57.4 Å². The number of benzene rings is 1. The number of likely N-dealkylation sites (tertiary alicyclic amines) is 2. The minimum Gasteiger partial charge on any atom is -0.355 e. The zero-order chi connectivity index (χ0) is 21.8. The molecule has 0 spiro atoms. The molecule has 4 rings (SSSR count). The van der Waals surface area contributed by atoms with Crippen LogP contribution in [0.25, 0.3) is 0 Å². The van der Waals surface area contributed by atoms with E-state index in [0.717, 1.165) is 63.0 Å². The summed E-state index contributed by atoms with van der Waals surface area (Å²) in [6.45, 7) is 6.01. The van der Waals surface area contributed by atoms with E-state index in [1.165, 1.54) is 6.07 Å². The van der Waals surface area contributed by atoms with Gasteiger partial charge >= 0.3 is 0 Å². The van der Waals surface area contributed by atoms with Crippen molar-refractivity contribution in [1.29, 1.82) is 0 Å². The first kappa shape index (κ1) is 22.0. The molecular formula is C25H34FN3O2. The monoisotopic (exact) mass is 427 g/mol. The van der Waals surface area contributed by atoms with Gasteiger partial charge < -0.3 is 10.2 Å². The summed E-state index contributed by atoms with van der Waals surface area (Å²) in [6.07, 6.45) is 8.05. The maximum absolute atomic E-state index is 13.4. The average Bonchev–Trinajstić information content (AvgIpc) is 2.78. The highest BCUT2D eigenvalue weighted by atomic mass is 19.1. The van der Waals surface area contributed by atoms with Crippen molar-refractivity contribution in [3.8, 4) is 0 Å². The number of nitrogens with zero attached hydrogens (tertiary/aromatic N) is 2. The molecule has 1 aliphatic carbocycles. The number of allylic oxidation sites excluding steroid dienone is 1. The topological polar surface area (TPSA) is 52.7 Å². The minimum atomic E-state index is -0.528. The molecule has 1 aromatic rings. The fourth-order valence-electron chi connectivity index (χ4n) is 5.52. The fraction of sp³-hybridized carbons (Fsp3) is 0.600. The van der Waals surface area contributed by atoms with Crippen molar-refractivity contribution in [1.82, 2.24) is 15.1 Å². The van der Waals surface area contributed by atoms with E-state index in [9.17, 15) is 14.0 Å². The van der Waals surface area contributed by atoms with Crippen LogP contribution in [0, 0.1) is 17.2 Å². The van der Waals surface area contributed by atoms with E-state index in [1.807, 2.05) is 17.9 Å². The predicted octanol–water partition coefficient (Wildman–Crippen LogP) is 3.85. The lowest BCUT2D eigenvalue weighted by atomic mass is 9.69. The van der Waals surface area contributed by atoms with Crippen LogP contribution in [0.2, 0.25) is 0 Å². The van der Waals surface area contributed by atoms with Crippen molar-refractivity contribution in [2.45, 2.75) is 58.4 Å².